The maximum absolute atomic E-state index is 9.15. The predicted octanol–water partition coefficient (Wildman–Crippen LogP) is 3.63. The van der Waals surface area contributed by atoms with Crippen molar-refractivity contribution in [1.29, 1.82) is 5.26 Å². The van der Waals surface area contributed by atoms with E-state index in [0.29, 0.717) is 11.6 Å². The van der Waals surface area contributed by atoms with Gasteiger partial charge >= 0.3 is 0 Å². The number of halogens is 1. The maximum atomic E-state index is 9.15. The van der Waals surface area contributed by atoms with Gasteiger partial charge in [-0.1, -0.05) is 47.1 Å². The summed E-state index contributed by atoms with van der Waals surface area (Å²) in [5.41, 5.74) is 2.15. The van der Waals surface area contributed by atoms with E-state index in [2.05, 4.69) is 46.2 Å². The first-order valence-electron chi connectivity index (χ1n) is 6.21. The highest BCUT2D eigenvalue weighted by Gasteiger charge is 2.14. The Morgan fingerprint density at radius 1 is 1.32 bits per heavy atom. The van der Waals surface area contributed by atoms with Crippen LogP contribution in [0.3, 0.4) is 0 Å². The molecule has 19 heavy (non-hydrogen) atoms. The van der Waals surface area contributed by atoms with Gasteiger partial charge in [-0.3, -0.25) is 0 Å². The Kier molecular flexibility index (Phi) is 4.33. The molecular formula is C14H15BrN4. The molecule has 0 bridgehead atoms. The zero-order valence-corrected chi connectivity index (χ0v) is 12.6. The number of nitrogens with zero attached hydrogens (tertiary/aromatic N) is 4. The minimum atomic E-state index is 0.381. The summed E-state index contributed by atoms with van der Waals surface area (Å²) in [6.07, 6.45) is 1.01. The molecule has 1 heterocycles. The number of hydrogen-bond donors (Lipinski definition) is 0. The number of hydrogen-bond acceptors (Lipinski definition) is 3. The molecule has 0 fully saturated rings. The molecule has 0 radical (unpaired) electrons. The van der Waals surface area contributed by atoms with Gasteiger partial charge in [0.2, 0.25) is 0 Å². The lowest BCUT2D eigenvalue weighted by molar-refractivity contribution is 0.481. The van der Waals surface area contributed by atoms with Gasteiger partial charge in [-0.15, -0.1) is 5.10 Å². The number of aromatic nitrogens is 3. The average Bonchev–Trinajstić information content (AvgIpc) is 2.80. The van der Waals surface area contributed by atoms with E-state index in [1.807, 2.05) is 28.9 Å². The molecule has 2 aromatic rings. The molecule has 0 amide bonds. The van der Waals surface area contributed by atoms with Crippen LogP contribution in [0.2, 0.25) is 0 Å². The van der Waals surface area contributed by atoms with Gasteiger partial charge in [-0.2, -0.15) is 5.26 Å². The molecule has 0 spiro atoms. The number of benzene rings is 1. The highest BCUT2D eigenvalue weighted by atomic mass is 79.9. The molecular weight excluding hydrogens is 304 g/mol. The molecule has 5 heteroatoms. The van der Waals surface area contributed by atoms with Crippen molar-refractivity contribution in [1.82, 2.24) is 15.0 Å². The van der Waals surface area contributed by atoms with Crippen LogP contribution in [0.5, 0.6) is 0 Å². The van der Waals surface area contributed by atoms with Gasteiger partial charge < -0.3 is 0 Å². The Labute approximate surface area is 121 Å². The Morgan fingerprint density at radius 2 is 2.00 bits per heavy atom. The van der Waals surface area contributed by atoms with Crippen molar-refractivity contribution >= 4 is 15.9 Å². The number of rotatable bonds is 4. The smallest absolute Gasteiger partial charge is 0.190 e. The van der Waals surface area contributed by atoms with Crippen molar-refractivity contribution in [3.63, 3.8) is 0 Å². The van der Waals surface area contributed by atoms with Crippen molar-refractivity contribution in [2.24, 2.45) is 5.92 Å². The third-order valence-corrected chi connectivity index (χ3v) is 3.41. The summed E-state index contributed by atoms with van der Waals surface area (Å²) in [7, 11) is 0. The Bertz CT molecular complexity index is 593. The maximum Gasteiger partial charge on any atom is 0.190 e. The van der Waals surface area contributed by atoms with Crippen molar-refractivity contribution in [3.05, 3.63) is 34.4 Å². The molecule has 2 rings (SSSR count). The van der Waals surface area contributed by atoms with Gasteiger partial charge in [0.1, 0.15) is 11.8 Å². The monoisotopic (exact) mass is 318 g/mol. The van der Waals surface area contributed by atoms with E-state index >= 15 is 0 Å². The standard InChI is InChI=1S/C14H15BrN4/c1-10(2)7-8-19-14(13(9-16)17-18-19)11-3-5-12(15)6-4-11/h3-6,10H,7-8H2,1-2H3. The molecule has 1 aromatic heterocycles. The van der Waals surface area contributed by atoms with Crippen molar-refractivity contribution in [2.75, 3.05) is 0 Å². The summed E-state index contributed by atoms with van der Waals surface area (Å²) >= 11 is 3.41. The Morgan fingerprint density at radius 3 is 2.58 bits per heavy atom. The normalized spacial score (nSPS) is 10.7. The minimum Gasteiger partial charge on any atom is -0.243 e. The lowest BCUT2D eigenvalue weighted by Gasteiger charge is -2.08. The molecule has 0 unspecified atom stereocenters. The predicted molar refractivity (Wildman–Crippen MR) is 77.3 cm³/mol. The van der Waals surface area contributed by atoms with E-state index < -0.39 is 0 Å². The second-order valence-electron chi connectivity index (χ2n) is 4.81. The Balaban J connectivity index is 2.39. The fourth-order valence-electron chi connectivity index (χ4n) is 1.82. The summed E-state index contributed by atoms with van der Waals surface area (Å²) in [6, 6.07) is 9.96. The molecule has 0 atom stereocenters. The van der Waals surface area contributed by atoms with E-state index in [4.69, 9.17) is 5.26 Å². The molecule has 0 aliphatic carbocycles. The van der Waals surface area contributed by atoms with Gasteiger partial charge in [0, 0.05) is 16.6 Å². The average molecular weight is 319 g/mol. The van der Waals surface area contributed by atoms with Crippen molar-refractivity contribution in [2.45, 2.75) is 26.8 Å². The zero-order chi connectivity index (χ0) is 13.8. The third-order valence-electron chi connectivity index (χ3n) is 2.88. The van der Waals surface area contributed by atoms with Crippen LogP contribution in [0, 0.1) is 17.2 Å². The van der Waals surface area contributed by atoms with Crippen LogP contribution in [-0.4, -0.2) is 15.0 Å². The summed E-state index contributed by atoms with van der Waals surface area (Å²) in [4.78, 5) is 0. The summed E-state index contributed by atoms with van der Waals surface area (Å²) in [5, 5.41) is 17.2. The second-order valence-corrected chi connectivity index (χ2v) is 5.73. The molecule has 1 aromatic carbocycles. The first-order valence-corrected chi connectivity index (χ1v) is 7.00. The van der Waals surface area contributed by atoms with Crippen molar-refractivity contribution < 1.29 is 0 Å². The number of nitriles is 1. The van der Waals surface area contributed by atoms with Crippen LogP contribution in [0.25, 0.3) is 11.3 Å². The van der Waals surface area contributed by atoms with Gasteiger partial charge in [0.25, 0.3) is 0 Å². The van der Waals surface area contributed by atoms with E-state index in [1.54, 1.807) is 0 Å². The van der Waals surface area contributed by atoms with Gasteiger partial charge in [0.05, 0.1) is 0 Å². The topological polar surface area (TPSA) is 54.5 Å². The molecule has 0 aliphatic rings. The van der Waals surface area contributed by atoms with E-state index in [0.717, 1.165) is 28.7 Å². The van der Waals surface area contributed by atoms with Crippen LogP contribution in [0.4, 0.5) is 0 Å². The lowest BCUT2D eigenvalue weighted by atomic mass is 10.1. The molecule has 0 N–H and O–H groups in total. The van der Waals surface area contributed by atoms with Gasteiger partial charge in [-0.05, 0) is 24.5 Å². The van der Waals surface area contributed by atoms with Crippen LogP contribution < -0.4 is 0 Å². The van der Waals surface area contributed by atoms with E-state index in [-0.39, 0.29) is 0 Å². The molecule has 0 aliphatic heterocycles. The second kappa shape index (κ2) is 5.98. The van der Waals surface area contributed by atoms with E-state index in [1.165, 1.54) is 0 Å². The zero-order valence-electron chi connectivity index (χ0n) is 11.0. The van der Waals surface area contributed by atoms with Gasteiger partial charge in [0.15, 0.2) is 5.69 Å². The quantitative estimate of drug-likeness (QED) is 0.865. The summed E-state index contributed by atoms with van der Waals surface area (Å²) in [6.45, 7) is 5.11. The molecule has 0 saturated heterocycles. The highest BCUT2D eigenvalue weighted by Crippen LogP contribution is 2.24. The summed E-state index contributed by atoms with van der Waals surface area (Å²) < 4.78 is 2.83. The fraction of sp³-hybridized carbons (Fsp3) is 0.357. The summed E-state index contributed by atoms with van der Waals surface area (Å²) in [5.74, 6) is 0.590. The number of aryl methyl sites for hydroxylation is 1. The molecule has 0 saturated carbocycles. The first kappa shape index (κ1) is 13.8. The highest BCUT2D eigenvalue weighted by molar-refractivity contribution is 9.10. The minimum absolute atomic E-state index is 0.381. The van der Waals surface area contributed by atoms with Crippen LogP contribution in [0.1, 0.15) is 26.0 Å². The van der Waals surface area contributed by atoms with Crippen LogP contribution >= 0.6 is 15.9 Å². The van der Waals surface area contributed by atoms with Crippen LogP contribution in [0.15, 0.2) is 28.7 Å². The van der Waals surface area contributed by atoms with E-state index in [9.17, 15) is 0 Å². The SMILES string of the molecule is CC(C)CCn1nnc(C#N)c1-c1ccc(Br)cc1. The van der Waals surface area contributed by atoms with Gasteiger partial charge in [-0.25, -0.2) is 4.68 Å². The Hall–Kier alpha value is -1.67. The van der Waals surface area contributed by atoms with Crippen LogP contribution in [-0.2, 0) is 6.54 Å². The fourth-order valence-corrected chi connectivity index (χ4v) is 2.08. The van der Waals surface area contributed by atoms with Crippen molar-refractivity contribution in [3.8, 4) is 17.3 Å². The lowest BCUT2D eigenvalue weighted by Crippen LogP contribution is -2.05. The third kappa shape index (κ3) is 3.21. The molecule has 98 valence electrons. The largest absolute Gasteiger partial charge is 0.243 e. The first-order chi connectivity index (χ1) is 9.11. The molecule has 4 nitrogen and oxygen atoms in total.